The Bertz CT molecular complexity index is 480. The molecular weight excluding hydrogens is 268 g/mol. The van der Waals surface area contributed by atoms with E-state index in [-0.39, 0.29) is 12.3 Å². The van der Waals surface area contributed by atoms with Gasteiger partial charge in [0.15, 0.2) is 6.29 Å². The van der Waals surface area contributed by atoms with Gasteiger partial charge in [-0.1, -0.05) is 5.57 Å². The second kappa shape index (κ2) is 7.84. The van der Waals surface area contributed by atoms with E-state index in [2.05, 4.69) is 0 Å². The molecule has 0 saturated carbocycles. The number of carbonyl (C=O) groups excluding carboxylic acids is 1. The van der Waals surface area contributed by atoms with Crippen LogP contribution in [0.25, 0.3) is 0 Å². The summed E-state index contributed by atoms with van der Waals surface area (Å²) in [6, 6.07) is 6.97. The number of rotatable bonds is 5. The Kier molecular flexibility index (Phi) is 5.81. The topological polar surface area (TPSA) is 44.8 Å². The molecule has 4 heteroatoms. The summed E-state index contributed by atoms with van der Waals surface area (Å²) in [4.78, 5) is 11.8. The normalized spacial score (nSPS) is 17.9. The molecule has 1 fully saturated rings. The van der Waals surface area contributed by atoms with Crippen LogP contribution in [0.1, 0.15) is 43.5 Å². The molecule has 0 aliphatic carbocycles. The van der Waals surface area contributed by atoms with Crippen molar-refractivity contribution in [2.24, 2.45) is 0 Å². The molecule has 1 aromatic carbocycles. The fourth-order valence-electron chi connectivity index (χ4n) is 1.99. The first-order valence-corrected chi connectivity index (χ1v) is 7.34. The van der Waals surface area contributed by atoms with E-state index in [1.165, 1.54) is 0 Å². The predicted molar refractivity (Wildman–Crippen MR) is 80.4 cm³/mol. The fourth-order valence-corrected chi connectivity index (χ4v) is 1.99. The maximum absolute atomic E-state index is 11.8. The average molecular weight is 290 g/mol. The molecular formula is C17H22O4. The molecule has 0 N–H and O–H groups in total. The number of carbonyl (C=O) groups is 1. The van der Waals surface area contributed by atoms with Crippen molar-refractivity contribution in [2.45, 2.75) is 39.4 Å². The van der Waals surface area contributed by atoms with Crippen LogP contribution in [-0.4, -0.2) is 25.5 Å². The molecule has 0 amide bonds. The molecule has 0 aromatic heterocycles. The van der Waals surface area contributed by atoms with Gasteiger partial charge < -0.3 is 14.2 Å². The highest BCUT2D eigenvalue weighted by Gasteiger charge is 2.15. The van der Waals surface area contributed by atoms with Crippen molar-refractivity contribution in [3.8, 4) is 5.75 Å². The Morgan fingerprint density at radius 2 is 2.05 bits per heavy atom. The predicted octanol–water partition coefficient (Wildman–Crippen LogP) is 3.72. The minimum atomic E-state index is -0.326. The first-order valence-electron chi connectivity index (χ1n) is 7.34. The van der Waals surface area contributed by atoms with Gasteiger partial charge in [-0.25, -0.2) is 4.79 Å². The first kappa shape index (κ1) is 15.6. The number of hydrogen-bond acceptors (Lipinski definition) is 4. The molecule has 4 nitrogen and oxygen atoms in total. The van der Waals surface area contributed by atoms with E-state index in [1.807, 2.05) is 19.9 Å². The van der Waals surface area contributed by atoms with E-state index in [9.17, 15) is 4.79 Å². The lowest BCUT2D eigenvalue weighted by Crippen LogP contribution is -2.24. The third-order valence-corrected chi connectivity index (χ3v) is 3.20. The van der Waals surface area contributed by atoms with Gasteiger partial charge in [-0.15, -0.1) is 0 Å². The fraction of sp³-hybridized carbons (Fsp3) is 0.471. The van der Waals surface area contributed by atoms with Crippen LogP contribution < -0.4 is 4.74 Å². The lowest BCUT2D eigenvalue weighted by atomic mass is 10.2. The van der Waals surface area contributed by atoms with Gasteiger partial charge in [-0.05, 0) is 57.0 Å². The molecule has 114 valence electrons. The third kappa shape index (κ3) is 5.23. The van der Waals surface area contributed by atoms with Crippen LogP contribution in [0, 0.1) is 0 Å². The van der Waals surface area contributed by atoms with Gasteiger partial charge in [0.1, 0.15) is 12.4 Å². The molecule has 1 aliphatic heterocycles. The van der Waals surface area contributed by atoms with Crippen molar-refractivity contribution in [1.29, 1.82) is 0 Å². The summed E-state index contributed by atoms with van der Waals surface area (Å²) in [5.41, 5.74) is 1.65. The maximum Gasteiger partial charge on any atom is 0.338 e. The van der Waals surface area contributed by atoms with Crippen molar-refractivity contribution in [3.05, 3.63) is 41.5 Å². The second-order valence-electron chi connectivity index (χ2n) is 5.32. The Balaban J connectivity index is 1.85. The number of allylic oxidation sites excluding steroid dienone is 1. The highest BCUT2D eigenvalue weighted by molar-refractivity contribution is 5.89. The van der Waals surface area contributed by atoms with E-state index in [1.54, 1.807) is 24.3 Å². The zero-order valence-electron chi connectivity index (χ0n) is 12.6. The number of ether oxygens (including phenoxy) is 3. The zero-order valence-corrected chi connectivity index (χ0v) is 12.6. The van der Waals surface area contributed by atoms with E-state index in [0.717, 1.165) is 31.4 Å². The van der Waals surface area contributed by atoms with Crippen molar-refractivity contribution in [1.82, 2.24) is 0 Å². The lowest BCUT2D eigenvalue weighted by molar-refractivity contribution is -0.105. The summed E-state index contributed by atoms with van der Waals surface area (Å²) >= 11 is 0. The van der Waals surface area contributed by atoms with Gasteiger partial charge in [0.05, 0.1) is 12.2 Å². The Morgan fingerprint density at radius 1 is 1.29 bits per heavy atom. The summed E-state index contributed by atoms with van der Waals surface area (Å²) in [5.74, 6) is 0.385. The number of esters is 1. The SMILES string of the molecule is CC(C)=CCOC(=O)c1ccc(OC2CCCCO2)cc1. The molecule has 0 radical (unpaired) electrons. The second-order valence-corrected chi connectivity index (χ2v) is 5.32. The van der Waals surface area contributed by atoms with Gasteiger partial charge in [0.2, 0.25) is 0 Å². The maximum atomic E-state index is 11.8. The molecule has 0 spiro atoms. The highest BCUT2D eigenvalue weighted by atomic mass is 16.7. The molecule has 1 aliphatic rings. The molecule has 0 bridgehead atoms. The highest BCUT2D eigenvalue weighted by Crippen LogP contribution is 2.19. The van der Waals surface area contributed by atoms with E-state index in [4.69, 9.17) is 14.2 Å². The van der Waals surface area contributed by atoms with E-state index >= 15 is 0 Å². The molecule has 1 heterocycles. The Morgan fingerprint density at radius 3 is 2.67 bits per heavy atom. The summed E-state index contributed by atoms with van der Waals surface area (Å²) < 4.78 is 16.4. The van der Waals surface area contributed by atoms with Crippen molar-refractivity contribution < 1.29 is 19.0 Å². The molecule has 1 aromatic rings. The molecule has 21 heavy (non-hydrogen) atoms. The molecule has 1 atom stereocenters. The molecule has 2 rings (SSSR count). The van der Waals surface area contributed by atoms with Crippen LogP contribution in [0.5, 0.6) is 5.75 Å². The van der Waals surface area contributed by atoms with Gasteiger partial charge in [0.25, 0.3) is 0 Å². The van der Waals surface area contributed by atoms with Gasteiger partial charge in [-0.3, -0.25) is 0 Å². The van der Waals surface area contributed by atoms with Gasteiger partial charge in [-0.2, -0.15) is 0 Å². The van der Waals surface area contributed by atoms with Crippen LogP contribution >= 0.6 is 0 Å². The standard InChI is InChI=1S/C17H22O4/c1-13(2)10-12-20-17(18)14-6-8-15(9-7-14)21-16-5-3-4-11-19-16/h6-10,16H,3-5,11-12H2,1-2H3. The molecule has 1 saturated heterocycles. The Labute approximate surface area is 125 Å². The zero-order chi connectivity index (χ0) is 15.1. The van der Waals surface area contributed by atoms with E-state index in [0.29, 0.717) is 17.9 Å². The smallest absolute Gasteiger partial charge is 0.338 e. The average Bonchev–Trinajstić information content (AvgIpc) is 2.48. The third-order valence-electron chi connectivity index (χ3n) is 3.20. The van der Waals surface area contributed by atoms with Gasteiger partial charge >= 0.3 is 5.97 Å². The minimum Gasteiger partial charge on any atom is -0.465 e. The van der Waals surface area contributed by atoms with E-state index < -0.39 is 0 Å². The Hall–Kier alpha value is -1.81. The largest absolute Gasteiger partial charge is 0.465 e. The van der Waals surface area contributed by atoms with Gasteiger partial charge in [0, 0.05) is 6.42 Å². The first-order chi connectivity index (χ1) is 10.1. The summed E-state index contributed by atoms with van der Waals surface area (Å²) in [6.07, 6.45) is 4.83. The van der Waals surface area contributed by atoms with Crippen molar-refractivity contribution in [3.63, 3.8) is 0 Å². The summed E-state index contributed by atoms with van der Waals surface area (Å²) in [7, 11) is 0. The van der Waals surface area contributed by atoms with Crippen LogP contribution in [0.4, 0.5) is 0 Å². The number of hydrogen-bond donors (Lipinski definition) is 0. The van der Waals surface area contributed by atoms with Crippen molar-refractivity contribution in [2.75, 3.05) is 13.2 Å². The minimum absolute atomic E-state index is 0.172. The van der Waals surface area contributed by atoms with Crippen molar-refractivity contribution >= 4 is 5.97 Å². The molecule has 1 unspecified atom stereocenters. The quantitative estimate of drug-likeness (QED) is 0.612. The number of benzene rings is 1. The van der Waals surface area contributed by atoms with Crippen LogP contribution in [0.3, 0.4) is 0 Å². The van der Waals surface area contributed by atoms with Crippen LogP contribution in [-0.2, 0) is 9.47 Å². The summed E-state index contributed by atoms with van der Waals surface area (Å²) in [6.45, 7) is 4.98. The monoisotopic (exact) mass is 290 g/mol. The van der Waals surface area contributed by atoms with Crippen LogP contribution in [0.15, 0.2) is 35.9 Å². The summed E-state index contributed by atoms with van der Waals surface area (Å²) in [5, 5.41) is 0. The lowest BCUT2D eigenvalue weighted by Gasteiger charge is -2.23. The van der Waals surface area contributed by atoms with Crippen LogP contribution in [0.2, 0.25) is 0 Å².